The largest absolute Gasteiger partial charge is 0.484 e. The number of amides is 2. The van der Waals surface area contributed by atoms with Gasteiger partial charge in [-0.15, -0.1) is 11.8 Å². The van der Waals surface area contributed by atoms with Crippen LogP contribution in [0.1, 0.15) is 16.7 Å². The molecule has 0 heterocycles. The van der Waals surface area contributed by atoms with Gasteiger partial charge in [-0.05, 0) is 37.1 Å². The molecule has 0 unspecified atom stereocenters. The van der Waals surface area contributed by atoms with Gasteiger partial charge in [0.15, 0.2) is 6.61 Å². The van der Waals surface area contributed by atoms with Crippen molar-refractivity contribution in [2.75, 3.05) is 12.4 Å². The predicted octanol–water partition coefficient (Wildman–Crippen LogP) is 2.76. The first-order valence-corrected chi connectivity index (χ1v) is 9.09. The molecule has 6 heteroatoms. The third kappa shape index (κ3) is 7.30. The number of benzene rings is 2. The molecule has 0 aliphatic rings. The zero-order chi connectivity index (χ0) is 18.1. The first-order valence-electron chi connectivity index (χ1n) is 7.93. The van der Waals surface area contributed by atoms with E-state index < -0.39 is 5.91 Å². The quantitative estimate of drug-likeness (QED) is 0.747. The van der Waals surface area contributed by atoms with Gasteiger partial charge < -0.3 is 4.74 Å². The van der Waals surface area contributed by atoms with Crippen molar-refractivity contribution in [2.24, 2.45) is 0 Å². The molecule has 2 N–H and O–H groups in total. The Morgan fingerprint density at radius 3 is 2.40 bits per heavy atom. The van der Waals surface area contributed by atoms with Crippen LogP contribution < -0.4 is 15.6 Å². The summed E-state index contributed by atoms with van der Waals surface area (Å²) in [6.45, 7) is 3.83. The second-order valence-corrected chi connectivity index (χ2v) is 6.67. The molecular formula is C19H22N2O3S. The molecule has 0 radical (unpaired) electrons. The van der Waals surface area contributed by atoms with Crippen molar-refractivity contribution in [2.45, 2.75) is 19.6 Å². The lowest BCUT2D eigenvalue weighted by molar-refractivity contribution is -0.128. The van der Waals surface area contributed by atoms with E-state index in [1.807, 2.05) is 56.3 Å². The van der Waals surface area contributed by atoms with Crippen LogP contribution in [0.15, 0.2) is 48.5 Å². The maximum Gasteiger partial charge on any atom is 0.276 e. The molecule has 0 atom stereocenters. The number of carbonyl (C=O) groups is 2. The summed E-state index contributed by atoms with van der Waals surface area (Å²) in [5, 5.41) is 0. The van der Waals surface area contributed by atoms with Crippen molar-refractivity contribution in [3.8, 4) is 5.75 Å². The van der Waals surface area contributed by atoms with E-state index in [4.69, 9.17) is 4.74 Å². The Kier molecular flexibility index (Phi) is 7.35. The Morgan fingerprint density at radius 1 is 0.960 bits per heavy atom. The number of carbonyl (C=O) groups excluding carboxylic acids is 2. The van der Waals surface area contributed by atoms with Crippen molar-refractivity contribution in [3.63, 3.8) is 0 Å². The second-order valence-electron chi connectivity index (χ2n) is 5.68. The number of rotatable bonds is 7. The standard InChI is InChI=1S/C19H22N2O3S/c1-14-6-8-16(9-7-14)12-25-13-19(23)21-20-18(22)11-24-17-5-3-4-15(2)10-17/h3-10H,11-13H2,1-2H3,(H,20,22)(H,21,23). The third-order valence-corrected chi connectivity index (χ3v) is 4.33. The van der Waals surface area contributed by atoms with Crippen LogP contribution in [0.2, 0.25) is 0 Å². The maximum atomic E-state index is 11.7. The molecule has 0 aliphatic carbocycles. The van der Waals surface area contributed by atoms with Crippen LogP contribution in [0.3, 0.4) is 0 Å². The topological polar surface area (TPSA) is 67.4 Å². The zero-order valence-electron chi connectivity index (χ0n) is 14.4. The number of hydrazine groups is 1. The summed E-state index contributed by atoms with van der Waals surface area (Å²) in [4.78, 5) is 23.4. The van der Waals surface area contributed by atoms with E-state index in [9.17, 15) is 9.59 Å². The molecule has 0 aromatic heterocycles. The summed E-state index contributed by atoms with van der Waals surface area (Å²) in [5.41, 5.74) is 8.16. The highest BCUT2D eigenvalue weighted by Crippen LogP contribution is 2.13. The molecule has 2 aromatic rings. The highest BCUT2D eigenvalue weighted by molar-refractivity contribution is 7.99. The summed E-state index contributed by atoms with van der Waals surface area (Å²) >= 11 is 1.49. The van der Waals surface area contributed by atoms with Gasteiger partial charge in [-0.2, -0.15) is 0 Å². The van der Waals surface area contributed by atoms with E-state index >= 15 is 0 Å². The Morgan fingerprint density at radius 2 is 1.68 bits per heavy atom. The Labute approximate surface area is 152 Å². The predicted molar refractivity (Wildman–Crippen MR) is 100 cm³/mol. The molecule has 0 saturated heterocycles. The Balaban J connectivity index is 1.60. The summed E-state index contributed by atoms with van der Waals surface area (Å²) in [5.74, 6) is 0.986. The highest BCUT2D eigenvalue weighted by Gasteiger charge is 2.06. The average Bonchev–Trinajstić information content (AvgIpc) is 2.60. The van der Waals surface area contributed by atoms with Crippen molar-refractivity contribution in [1.82, 2.24) is 10.9 Å². The van der Waals surface area contributed by atoms with Gasteiger partial charge in [0.2, 0.25) is 5.91 Å². The van der Waals surface area contributed by atoms with Gasteiger partial charge in [0.25, 0.3) is 5.91 Å². The van der Waals surface area contributed by atoms with E-state index in [2.05, 4.69) is 10.9 Å². The monoisotopic (exact) mass is 358 g/mol. The van der Waals surface area contributed by atoms with Crippen molar-refractivity contribution < 1.29 is 14.3 Å². The SMILES string of the molecule is Cc1ccc(CSCC(=O)NNC(=O)COc2cccc(C)c2)cc1. The fraction of sp³-hybridized carbons (Fsp3) is 0.263. The van der Waals surface area contributed by atoms with Gasteiger partial charge in [0, 0.05) is 5.75 Å². The lowest BCUT2D eigenvalue weighted by Gasteiger charge is -2.09. The summed E-state index contributed by atoms with van der Waals surface area (Å²) in [6, 6.07) is 15.6. The zero-order valence-corrected chi connectivity index (χ0v) is 15.2. The molecule has 5 nitrogen and oxygen atoms in total. The van der Waals surface area contributed by atoms with Crippen LogP contribution in [-0.2, 0) is 15.3 Å². The van der Waals surface area contributed by atoms with Crippen molar-refractivity contribution in [1.29, 1.82) is 0 Å². The van der Waals surface area contributed by atoms with Crippen molar-refractivity contribution in [3.05, 3.63) is 65.2 Å². The number of nitrogens with one attached hydrogen (secondary N) is 2. The van der Waals surface area contributed by atoms with Crippen LogP contribution in [0, 0.1) is 13.8 Å². The number of hydrogen-bond donors (Lipinski definition) is 2. The van der Waals surface area contributed by atoms with Crippen molar-refractivity contribution >= 4 is 23.6 Å². The van der Waals surface area contributed by atoms with E-state index in [-0.39, 0.29) is 18.3 Å². The van der Waals surface area contributed by atoms with E-state index in [1.165, 1.54) is 22.9 Å². The molecule has 2 aromatic carbocycles. The summed E-state index contributed by atoms with van der Waals surface area (Å²) in [7, 11) is 0. The normalized spacial score (nSPS) is 10.2. The van der Waals surface area contributed by atoms with E-state index in [0.717, 1.165) is 11.3 Å². The average molecular weight is 358 g/mol. The minimum Gasteiger partial charge on any atom is -0.484 e. The first-order chi connectivity index (χ1) is 12.0. The van der Waals surface area contributed by atoms with Crippen LogP contribution in [0.25, 0.3) is 0 Å². The lowest BCUT2D eigenvalue weighted by atomic mass is 10.2. The minimum atomic E-state index is -0.404. The fourth-order valence-electron chi connectivity index (χ4n) is 2.01. The molecule has 2 amide bonds. The Bertz CT molecular complexity index is 717. The molecule has 2 rings (SSSR count). The van der Waals surface area contributed by atoms with Gasteiger partial charge in [0.1, 0.15) is 5.75 Å². The van der Waals surface area contributed by atoms with Crippen LogP contribution in [-0.4, -0.2) is 24.2 Å². The molecule has 0 spiro atoms. The van der Waals surface area contributed by atoms with E-state index in [1.54, 1.807) is 6.07 Å². The highest BCUT2D eigenvalue weighted by atomic mass is 32.2. The summed E-state index contributed by atoms with van der Waals surface area (Å²) < 4.78 is 5.36. The smallest absolute Gasteiger partial charge is 0.276 e. The third-order valence-electron chi connectivity index (χ3n) is 3.32. The Hall–Kier alpha value is -2.47. The minimum absolute atomic E-state index is 0.153. The number of aryl methyl sites for hydroxylation is 2. The van der Waals surface area contributed by atoms with Gasteiger partial charge in [-0.25, -0.2) is 0 Å². The van der Waals surface area contributed by atoms with Gasteiger partial charge >= 0.3 is 0 Å². The molecular weight excluding hydrogens is 336 g/mol. The fourth-order valence-corrected chi connectivity index (χ4v) is 2.80. The number of thioether (sulfide) groups is 1. The maximum absolute atomic E-state index is 11.7. The van der Waals surface area contributed by atoms with Gasteiger partial charge in [-0.1, -0.05) is 42.0 Å². The van der Waals surface area contributed by atoms with Crippen LogP contribution >= 0.6 is 11.8 Å². The molecule has 0 fully saturated rings. The molecule has 0 bridgehead atoms. The van der Waals surface area contributed by atoms with E-state index in [0.29, 0.717) is 5.75 Å². The summed E-state index contributed by atoms with van der Waals surface area (Å²) in [6.07, 6.45) is 0. The van der Waals surface area contributed by atoms with Gasteiger partial charge in [-0.3, -0.25) is 20.4 Å². The molecule has 25 heavy (non-hydrogen) atoms. The lowest BCUT2D eigenvalue weighted by Crippen LogP contribution is -2.44. The molecule has 132 valence electrons. The first kappa shape index (κ1) is 18.9. The molecule has 0 saturated carbocycles. The number of hydrogen-bond acceptors (Lipinski definition) is 4. The number of ether oxygens (including phenoxy) is 1. The second kappa shape index (κ2) is 9.74. The molecule has 0 aliphatic heterocycles. The van der Waals surface area contributed by atoms with Crippen LogP contribution in [0.4, 0.5) is 0 Å². The van der Waals surface area contributed by atoms with Gasteiger partial charge in [0.05, 0.1) is 5.75 Å². The van der Waals surface area contributed by atoms with Crippen LogP contribution in [0.5, 0.6) is 5.75 Å².